The van der Waals surface area contributed by atoms with Crippen molar-refractivity contribution in [1.82, 2.24) is 15.2 Å². The minimum Gasteiger partial charge on any atom is -0.325 e. The molecule has 0 radical (unpaired) electrons. The van der Waals surface area contributed by atoms with E-state index in [0.717, 1.165) is 53.4 Å². The lowest BCUT2D eigenvalue weighted by Crippen LogP contribution is -2.43. The standard InChI is InChI=1S/C34H33N5O3/c40-32(29-7-3-20-35-29)37-26-15-11-23(12-16-26)9-10-24-13-17-27(18-14-24)38-33(41)30-8-4-22-39(30)34(42)31-28-6-2-1-5-25(28)19-21-36-31/h1-2,5-6,9-19,21,29-30,35H,3-4,7-8,20,22H2,(H,37,40)(H,38,41)/b10-9+/t29-,30-/m0/s1. The van der Waals surface area contributed by atoms with Gasteiger partial charge in [0.15, 0.2) is 0 Å². The van der Waals surface area contributed by atoms with Crippen LogP contribution in [0, 0.1) is 0 Å². The Balaban J connectivity index is 1.05. The molecule has 6 rings (SSSR count). The molecule has 0 saturated carbocycles. The largest absolute Gasteiger partial charge is 0.325 e. The van der Waals surface area contributed by atoms with Crippen molar-refractivity contribution in [2.24, 2.45) is 0 Å². The van der Waals surface area contributed by atoms with Gasteiger partial charge in [-0.2, -0.15) is 0 Å². The van der Waals surface area contributed by atoms with E-state index in [9.17, 15) is 14.4 Å². The highest BCUT2D eigenvalue weighted by atomic mass is 16.2. The average molecular weight is 560 g/mol. The SMILES string of the molecule is O=C(Nc1ccc(/C=C/c2ccc(NC(=O)[C@@H]3CCCN3C(=O)c3nccc4ccccc34)cc2)cc1)[C@@H]1CCCN1. The molecule has 2 saturated heterocycles. The summed E-state index contributed by atoms with van der Waals surface area (Å²) in [5, 5.41) is 10.9. The normalized spacial score (nSPS) is 18.4. The molecule has 0 spiro atoms. The number of hydrogen-bond donors (Lipinski definition) is 3. The summed E-state index contributed by atoms with van der Waals surface area (Å²) in [6.07, 6.45) is 8.92. The van der Waals surface area contributed by atoms with E-state index in [4.69, 9.17) is 0 Å². The zero-order chi connectivity index (χ0) is 28.9. The third kappa shape index (κ3) is 6.09. The molecular formula is C34H33N5O3. The Morgan fingerprint density at radius 1 is 0.786 bits per heavy atom. The summed E-state index contributed by atoms with van der Waals surface area (Å²) in [4.78, 5) is 45.0. The molecule has 3 heterocycles. The van der Waals surface area contributed by atoms with Gasteiger partial charge < -0.3 is 20.9 Å². The molecule has 8 nitrogen and oxygen atoms in total. The molecule has 42 heavy (non-hydrogen) atoms. The van der Waals surface area contributed by atoms with Gasteiger partial charge >= 0.3 is 0 Å². The Labute approximate surface area is 244 Å². The number of likely N-dealkylation sites (tertiary alicyclic amines) is 1. The van der Waals surface area contributed by atoms with Crippen molar-refractivity contribution in [3.8, 4) is 0 Å². The van der Waals surface area contributed by atoms with E-state index >= 15 is 0 Å². The lowest BCUT2D eigenvalue weighted by Gasteiger charge is -2.24. The van der Waals surface area contributed by atoms with E-state index in [-0.39, 0.29) is 23.8 Å². The van der Waals surface area contributed by atoms with E-state index in [2.05, 4.69) is 20.9 Å². The second kappa shape index (κ2) is 12.4. The molecule has 2 aliphatic rings. The number of nitrogens with one attached hydrogen (secondary N) is 3. The summed E-state index contributed by atoms with van der Waals surface area (Å²) in [5.74, 6) is -0.400. The number of rotatable bonds is 7. The van der Waals surface area contributed by atoms with E-state index in [0.29, 0.717) is 24.3 Å². The number of hydrogen-bond acceptors (Lipinski definition) is 5. The first-order valence-corrected chi connectivity index (χ1v) is 14.4. The third-order valence-electron chi connectivity index (χ3n) is 7.89. The van der Waals surface area contributed by atoms with Gasteiger partial charge in [0.2, 0.25) is 11.8 Å². The van der Waals surface area contributed by atoms with Crippen LogP contribution in [0.5, 0.6) is 0 Å². The van der Waals surface area contributed by atoms with Gasteiger partial charge in [-0.05, 0) is 79.1 Å². The summed E-state index contributed by atoms with van der Waals surface area (Å²) in [7, 11) is 0. The van der Waals surface area contributed by atoms with E-state index in [1.165, 1.54) is 0 Å². The predicted molar refractivity (Wildman–Crippen MR) is 166 cm³/mol. The maximum Gasteiger partial charge on any atom is 0.273 e. The highest BCUT2D eigenvalue weighted by Gasteiger charge is 2.35. The smallest absolute Gasteiger partial charge is 0.273 e. The number of fused-ring (bicyclic) bond motifs is 1. The zero-order valence-corrected chi connectivity index (χ0v) is 23.3. The Hall–Kier alpha value is -4.82. The quantitative estimate of drug-likeness (QED) is 0.265. The van der Waals surface area contributed by atoms with E-state index in [1.54, 1.807) is 11.1 Å². The number of benzene rings is 3. The molecule has 2 aliphatic heterocycles. The molecule has 212 valence electrons. The second-order valence-corrected chi connectivity index (χ2v) is 10.7. The summed E-state index contributed by atoms with van der Waals surface area (Å²) in [6.45, 7) is 1.41. The fraction of sp³-hybridized carbons (Fsp3) is 0.235. The monoisotopic (exact) mass is 559 g/mol. The van der Waals surface area contributed by atoms with Crippen LogP contribution >= 0.6 is 0 Å². The lowest BCUT2D eigenvalue weighted by molar-refractivity contribution is -0.120. The number of amides is 3. The fourth-order valence-corrected chi connectivity index (χ4v) is 5.62. The lowest BCUT2D eigenvalue weighted by atomic mass is 10.1. The van der Waals surface area contributed by atoms with Crippen LogP contribution in [-0.4, -0.2) is 52.8 Å². The Kier molecular flexibility index (Phi) is 8.05. The number of aromatic nitrogens is 1. The van der Waals surface area contributed by atoms with Crippen molar-refractivity contribution >= 4 is 52.0 Å². The minimum absolute atomic E-state index is 0.0111. The van der Waals surface area contributed by atoms with Crippen LogP contribution < -0.4 is 16.0 Å². The number of anilines is 2. The second-order valence-electron chi connectivity index (χ2n) is 10.7. The van der Waals surface area contributed by atoms with Gasteiger partial charge in [0.25, 0.3) is 5.91 Å². The Morgan fingerprint density at radius 3 is 2.12 bits per heavy atom. The Morgan fingerprint density at radius 2 is 1.45 bits per heavy atom. The summed E-state index contributed by atoms with van der Waals surface area (Å²) < 4.78 is 0. The molecule has 3 N–H and O–H groups in total. The van der Waals surface area contributed by atoms with Crippen LogP contribution in [0.25, 0.3) is 22.9 Å². The van der Waals surface area contributed by atoms with E-state index < -0.39 is 6.04 Å². The van der Waals surface area contributed by atoms with Crippen molar-refractivity contribution in [2.45, 2.75) is 37.8 Å². The number of carbonyl (C=O) groups is 3. The number of pyridine rings is 1. The van der Waals surface area contributed by atoms with Gasteiger partial charge in [0, 0.05) is 29.5 Å². The van der Waals surface area contributed by atoms with Gasteiger partial charge in [-0.3, -0.25) is 19.4 Å². The summed E-state index contributed by atoms with van der Waals surface area (Å²) in [5.41, 5.74) is 3.83. The number of carbonyl (C=O) groups excluding carboxylic acids is 3. The maximum absolute atomic E-state index is 13.4. The molecule has 8 heteroatoms. The fourth-order valence-electron chi connectivity index (χ4n) is 5.62. The van der Waals surface area contributed by atoms with Gasteiger partial charge in [0.1, 0.15) is 11.7 Å². The summed E-state index contributed by atoms with van der Waals surface area (Å²) in [6, 6.07) is 24.2. The molecule has 0 aliphatic carbocycles. The predicted octanol–water partition coefficient (Wildman–Crippen LogP) is 5.34. The number of nitrogens with zero attached hydrogens (tertiary/aromatic N) is 2. The van der Waals surface area contributed by atoms with Gasteiger partial charge in [-0.15, -0.1) is 0 Å². The van der Waals surface area contributed by atoms with Crippen LogP contribution in [0.2, 0.25) is 0 Å². The van der Waals surface area contributed by atoms with Crippen molar-refractivity contribution in [1.29, 1.82) is 0 Å². The van der Waals surface area contributed by atoms with Crippen LogP contribution in [0.15, 0.2) is 85.1 Å². The third-order valence-corrected chi connectivity index (χ3v) is 7.89. The molecule has 4 aromatic rings. The minimum atomic E-state index is -0.542. The van der Waals surface area contributed by atoms with Gasteiger partial charge in [-0.25, -0.2) is 0 Å². The Bertz CT molecular complexity index is 1620. The highest BCUT2D eigenvalue weighted by Crippen LogP contribution is 2.25. The maximum atomic E-state index is 13.4. The first kappa shape index (κ1) is 27.4. The molecule has 1 aromatic heterocycles. The van der Waals surface area contributed by atoms with Crippen molar-refractivity contribution in [3.63, 3.8) is 0 Å². The van der Waals surface area contributed by atoms with E-state index in [1.807, 2.05) is 91.0 Å². The first-order valence-electron chi connectivity index (χ1n) is 14.4. The van der Waals surface area contributed by atoms with Gasteiger partial charge in [0.05, 0.1) is 6.04 Å². The molecule has 3 aromatic carbocycles. The zero-order valence-electron chi connectivity index (χ0n) is 23.3. The van der Waals surface area contributed by atoms with Crippen LogP contribution in [-0.2, 0) is 9.59 Å². The van der Waals surface area contributed by atoms with Crippen LogP contribution in [0.4, 0.5) is 11.4 Å². The molecule has 0 bridgehead atoms. The highest BCUT2D eigenvalue weighted by molar-refractivity contribution is 6.07. The van der Waals surface area contributed by atoms with Crippen LogP contribution in [0.3, 0.4) is 0 Å². The molecular weight excluding hydrogens is 526 g/mol. The van der Waals surface area contributed by atoms with Crippen molar-refractivity contribution in [2.75, 3.05) is 23.7 Å². The first-order chi connectivity index (χ1) is 20.5. The van der Waals surface area contributed by atoms with Gasteiger partial charge in [-0.1, -0.05) is 60.7 Å². The molecule has 3 amide bonds. The molecule has 2 atom stereocenters. The topological polar surface area (TPSA) is 103 Å². The average Bonchev–Trinajstić information content (AvgIpc) is 3.74. The molecule has 0 unspecified atom stereocenters. The van der Waals surface area contributed by atoms with Crippen molar-refractivity contribution < 1.29 is 14.4 Å². The van der Waals surface area contributed by atoms with Crippen molar-refractivity contribution in [3.05, 3.63) is 102 Å². The summed E-state index contributed by atoms with van der Waals surface area (Å²) >= 11 is 0. The molecule has 2 fully saturated rings. The van der Waals surface area contributed by atoms with Crippen LogP contribution in [0.1, 0.15) is 47.3 Å².